The van der Waals surface area contributed by atoms with Gasteiger partial charge in [-0.05, 0) is 41.8 Å². The van der Waals surface area contributed by atoms with Gasteiger partial charge in [-0.3, -0.25) is 4.79 Å². The molecule has 0 saturated carbocycles. The molecular formula is C17H18O3S. The minimum atomic E-state index is -0.702. The number of thiophene rings is 1. The Morgan fingerprint density at radius 1 is 1.19 bits per heavy atom. The molecule has 1 aromatic carbocycles. The third-order valence-corrected chi connectivity index (χ3v) is 5.14. The first-order valence-corrected chi connectivity index (χ1v) is 8.02. The lowest BCUT2D eigenvalue weighted by Crippen LogP contribution is -2.39. The molecule has 1 saturated heterocycles. The molecule has 3 rings (SSSR count). The van der Waals surface area contributed by atoms with E-state index < -0.39 is 11.4 Å². The first-order chi connectivity index (χ1) is 10.2. The first-order valence-electron chi connectivity index (χ1n) is 7.14. The average molecular weight is 302 g/mol. The number of aliphatic carboxylic acids is 1. The zero-order valence-corrected chi connectivity index (χ0v) is 12.6. The molecule has 1 aromatic heterocycles. The van der Waals surface area contributed by atoms with Gasteiger partial charge in [-0.25, -0.2) is 0 Å². The molecule has 21 heavy (non-hydrogen) atoms. The molecule has 2 heterocycles. The van der Waals surface area contributed by atoms with Gasteiger partial charge < -0.3 is 9.84 Å². The van der Waals surface area contributed by atoms with Crippen LogP contribution < -0.4 is 0 Å². The van der Waals surface area contributed by atoms with E-state index in [9.17, 15) is 9.90 Å². The van der Waals surface area contributed by atoms with Gasteiger partial charge in [0.1, 0.15) is 0 Å². The largest absolute Gasteiger partial charge is 0.481 e. The number of carboxylic acid groups (broad SMARTS) is 1. The highest BCUT2D eigenvalue weighted by Gasteiger charge is 2.40. The number of benzene rings is 1. The maximum absolute atomic E-state index is 11.8. The molecule has 0 spiro atoms. The number of rotatable bonds is 4. The lowest BCUT2D eigenvalue weighted by atomic mass is 9.74. The Hall–Kier alpha value is -1.65. The van der Waals surface area contributed by atoms with Crippen LogP contribution in [0.2, 0.25) is 0 Å². The Morgan fingerprint density at radius 3 is 2.62 bits per heavy atom. The fourth-order valence-corrected chi connectivity index (χ4v) is 3.73. The molecule has 0 radical (unpaired) electrons. The second-order valence-electron chi connectivity index (χ2n) is 5.51. The van der Waals surface area contributed by atoms with E-state index in [0.717, 1.165) is 11.1 Å². The van der Waals surface area contributed by atoms with Crippen LogP contribution in [0, 0.1) is 5.41 Å². The van der Waals surface area contributed by atoms with E-state index in [0.29, 0.717) is 32.5 Å². The van der Waals surface area contributed by atoms with Crippen molar-refractivity contribution in [3.63, 3.8) is 0 Å². The smallest absolute Gasteiger partial charge is 0.310 e. The van der Waals surface area contributed by atoms with Gasteiger partial charge in [-0.2, -0.15) is 0 Å². The van der Waals surface area contributed by atoms with Crippen molar-refractivity contribution in [1.29, 1.82) is 0 Å². The highest BCUT2D eigenvalue weighted by Crippen LogP contribution is 2.38. The van der Waals surface area contributed by atoms with Crippen molar-refractivity contribution < 1.29 is 14.6 Å². The van der Waals surface area contributed by atoms with Crippen molar-refractivity contribution in [2.24, 2.45) is 5.41 Å². The molecule has 1 N–H and O–H groups in total. The molecule has 1 aliphatic rings. The summed E-state index contributed by atoms with van der Waals surface area (Å²) in [4.78, 5) is 13.0. The molecule has 3 nitrogen and oxygen atoms in total. The lowest BCUT2D eigenvalue weighted by Gasteiger charge is -2.33. The molecule has 0 aliphatic carbocycles. The molecule has 0 atom stereocenters. The van der Waals surface area contributed by atoms with Crippen LogP contribution in [-0.4, -0.2) is 24.3 Å². The normalized spacial score (nSPS) is 17.5. The summed E-state index contributed by atoms with van der Waals surface area (Å²) in [5.41, 5.74) is 1.58. The minimum absolute atomic E-state index is 0.535. The van der Waals surface area contributed by atoms with Crippen LogP contribution in [-0.2, 0) is 16.0 Å². The molecule has 1 aliphatic heterocycles. The zero-order valence-electron chi connectivity index (χ0n) is 11.7. The van der Waals surface area contributed by atoms with Crippen LogP contribution in [0.25, 0.3) is 10.4 Å². The summed E-state index contributed by atoms with van der Waals surface area (Å²) in [7, 11) is 0. The Balaban J connectivity index is 1.95. The van der Waals surface area contributed by atoms with Crippen LogP contribution in [0.15, 0.2) is 41.8 Å². The van der Waals surface area contributed by atoms with Crippen LogP contribution in [0.5, 0.6) is 0 Å². The fraction of sp³-hybridized carbons (Fsp3) is 0.353. The van der Waals surface area contributed by atoms with Crippen molar-refractivity contribution in [1.82, 2.24) is 0 Å². The quantitative estimate of drug-likeness (QED) is 0.933. The van der Waals surface area contributed by atoms with Crippen LogP contribution in [0.1, 0.15) is 18.4 Å². The lowest BCUT2D eigenvalue weighted by molar-refractivity contribution is -0.154. The summed E-state index contributed by atoms with van der Waals surface area (Å²) < 4.78 is 5.35. The molecule has 0 amide bonds. The molecule has 4 heteroatoms. The number of hydrogen-bond donors (Lipinski definition) is 1. The van der Waals surface area contributed by atoms with Crippen molar-refractivity contribution >= 4 is 17.3 Å². The highest BCUT2D eigenvalue weighted by molar-refractivity contribution is 7.13. The average Bonchev–Trinajstić information content (AvgIpc) is 3.03. The van der Waals surface area contributed by atoms with Gasteiger partial charge >= 0.3 is 5.97 Å². The topological polar surface area (TPSA) is 46.5 Å². The summed E-state index contributed by atoms with van der Waals surface area (Å²) in [5, 5.41) is 11.8. The monoisotopic (exact) mass is 302 g/mol. The highest BCUT2D eigenvalue weighted by atomic mass is 32.1. The second kappa shape index (κ2) is 6.00. The maximum Gasteiger partial charge on any atom is 0.310 e. The summed E-state index contributed by atoms with van der Waals surface area (Å²) >= 11 is 1.69. The van der Waals surface area contributed by atoms with E-state index >= 15 is 0 Å². The van der Waals surface area contributed by atoms with E-state index in [1.165, 1.54) is 4.88 Å². The minimum Gasteiger partial charge on any atom is -0.481 e. The predicted octanol–water partition coefficient (Wildman–Crippen LogP) is 3.84. The Morgan fingerprint density at radius 2 is 1.95 bits per heavy atom. The molecule has 0 unspecified atom stereocenters. The zero-order chi connectivity index (χ0) is 14.7. The third kappa shape index (κ3) is 2.87. The summed E-state index contributed by atoms with van der Waals surface area (Å²) in [6.45, 7) is 1.07. The number of ether oxygens (including phenoxy) is 1. The van der Waals surface area contributed by atoms with Gasteiger partial charge in [0.05, 0.1) is 5.41 Å². The fourth-order valence-electron chi connectivity index (χ4n) is 2.94. The molecule has 0 bridgehead atoms. The van der Waals surface area contributed by atoms with E-state index in [1.54, 1.807) is 11.3 Å². The van der Waals surface area contributed by atoms with E-state index in [-0.39, 0.29) is 0 Å². The summed E-state index contributed by atoms with van der Waals surface area (Å²) in [5.74, 6) is -0.702. The van der Waals surface area contributed by atoms with Gasteiger partial charge in [0.25, 0.3) is 0 Å². The Labute approximate surface area is 128 Å². The second-order valence-corrected chi connectivity index (χ2v) is 6.46. The van der Waals surface area contributed by atoms with Crippen molar-refractivity contribution in [2.45, 2.75) is 19.3 Å². The van der Waals surface area contributed by atoms with Crippen LogP contribution in [0.3, 0.4) is 0 Å². The molecular weight excluding hydrogens is 284 g/mol. The van der Waals surface area contributed by atoms with Gasteiger partial charge in [-0.1, -0.05) is 30.3 Å². The maximum atomic E-state index is 11.8. The van der Waals surface area contributed by atoms with Crippen molar-refractivity contribution in [3.8, 4) is 10.4 Å². The Kier molecular flexibility index (Phi) is 4.08. The van der Waals surface area contributed by atoms with Crippen LogP contribution in [0.4, 0.5) is 0 Å². The van der Waals surface area contributed by atoms with Crippen molar-refractivity contribution in [2.75, 3.05) is 13.2 Å². The Bertz CT molecular complexity index is 613. The predicted molar refractivity (Wildman–Crippen MR) is 83.6 cm³/mol. The summed E-state index contributed by atoms with van der Waals surface area (Å²) in [6.07, 6.45) is 1.74. The van der Waals surface area contributed by atoms with Crippen molar-refractivity contribution in [3.05, 3.63) is 47.3 Å². The SMILES string of the molecule is O=C(O)C1(Cc2ccccc2-c2cccs2)CCOCC1. The van der Waals surface area contributed by atoms with Gasteiger partial charge in [-0.15, -0.1) is 11.3 Å². The third-order valence-electron chi connectivity index (χ3n) is 4.24. The van der Waals surface area contributed by atoms with E-state index in [2.05, 4.69) is 18.2 Å². The summed E-state index contributed by atoms with van der Waals surface area (Å²) in [6, 6.07) is 12.2. The standard InChI is InChI=1S/C17H18O3S/c18-16(19)17(7-9-20-10-8-17)12-13-4-1-2-5-14(13)15-6-3-11-21-15/h1-6,11H,7-10,12H2,(H,18,19). The molecule has 110 valence electrons. The van der Waals surface area contributed by atoms with Gasteiger partial charge in [0.15, 0.2) is 0 Å². The molecule has 1 fully saturated rings. The number of carbonyl (C=O) groups is 1. The van der Waals surface area contributed by atoms with Gasteiger partial charge in [0, 0.05) is 18.1 Å². The van der Waals surface area contributed by atoms with Gasteiger partial charge in [0.2, 0.25) is 0 Å². The first kappa shape index (κ1) is 14.3. The van der Waals surface area contributed by atoms with E-state index in [4.69, 9.17) is 4.74 Å². The molecule has 2 aromatic rings. The number of hydrogen-bond acceptors (Lipinski definition) is 3. The number of carboxylic acids is 1. The van der Waals surface area contributed by atoms with E-state index in [1.807, 2.05) is 23.6 Å². The van der Waals surface area contributed by atoms with Crippen LogP contribution >= 0.6 is 11.3 Å².